The summed E-state index contributed by atoms with van der Waals surface area (Å²) in [5.74, 6) is 0. The molecule has 1 aromatic carbocycles. The lowest BCUT2D eigenvalue weighted by Gasteiger charge is -2.08. The van der Waals surface area contributed by atoms with E-state index in [1.165, 1.54) is 56.1 Å². The Kier molecular flexibility index (Phi) is 6.22. The highest BCUT2D eigenvalue weighted by molar-refractivity contribution is 5.32. The van der Waals surface area contributed by atoms with E-state index in [0.29, 0.717) is 0 Å². The van der Waals surface area contributed by atoms with Crippen molar-refractivity contribution in [3.8, 4) is 0 Å². The summed E-state index contributed by atoms with van der Waals surface area (Å²) in [5.41, 5.74) is 4.61. The first-order valence-electron chi connectivity index (χ1n) is 6.92. The fraction of sp³-hybridized carbons (Fsp3) is 0.625. The maximum absolute atomic E-state index is 2.42. The molecule has 0 aliphatic heterocycles. The average molecular weight is 218 g/mol. The summed E-state index contributed by atoms with van der Waals surface area (Å²) in [4.78, 5) is 0. The van der Waals surface area contributed by atoms with Gasteiger partial charge in [-0.05, 0) is 42.4 Å². The first kappa shape index (κ1) is 13.3. The minimum atomic E-state index is 1.17. The van der Waals surface area contributed by atoms with Gasteiger partial charge in [0, 0.05) is 0 Å². The zero-order valence-electron chi connectivity index (χ0n) is 11.2. The number of rotatable bonds is 7. The molecule has 0 N–H and O–H groups in total. The van der Waals surface area contributed by atoms with Gasteiger partial charge in [-0.25, -0.2) is 0 Å². The van der Waals surface area contributed by atoms with Gasteiger partial charge < -0.3 is 0 Å². The van der Waals surface area contributed by atoms with E-state index >= 15 is 0 Å². The van der Waals surface area contributed by atoms with E-state index in [2.05, 4.69) is 39.0 Å². The van der Waals surface area contributed by atoms with Crippen LogP contribution in [-0.2, 0) is 19.3 Å². The van der Waals surface area contributed by atoms with Gasteiger partial charge in [-0.15, -0.1) is 0 Å². The highest BCUT2D eigenvalue weighted by Gasteiger charge is 2.00. The summed E-state index contributed by atoms with van der Waals surface area (Å²) < 4.78 is 0. The summed E-state index contributed by atoms with van der Waals surface area (Å²) >= 11 is 0. The Bertz CT molecular complexity index is 299. The summed E-state index contributed by atoms with van der Waals surface area (Å²) in [7, 11) is 0. The zero-order chi connectivity index (χ0) is 11.8. The van der Waals surface area contributed by atoms with Gasteiger partial charge in [-0.3, -0.25) is 0 Å². The summed E-state index contributed by atoms with van der Waals surface area (Å²) in [6, 6.07) is 7.07. The number of unbranched alkanes of at least 4 members (excludes halogenated alkanes) is 3. The molecule has 16 heavy (non-hydrogen) atoms. The van der Waals surface area contributed by atoms with Gasteiger partial charge in [0.05, 0.1) is 0 Å². The fourth-order valence-electron chi connectivity index (χ4n) is 2.26. The van der Waals surface area contributed by atoms with Gasteiger partial charge in [0.1, 0.15) is 0 Å². The third kappa shape index (κ3) is 4.00. The average Bonchev–Trinajstić information content (AvgIpc) is 2.34. The Labute approximate surface area is 101 Å². The van der Waals surface area contributed by atoms with Crippen molar-refractivity contribution in [1.29, 1.82) is 0 Å². The van der Waals surface area contributed by atoms with Gasteiger partial charge in [-0.1, -0.05) is 58.2 Å². The van der Waals surface area contributed by atoms with Crippen LogP contribution in [0.4, 0.5) is 0 Å². The lowest BCUT2D eigenvalue weighted by Crippen LogP contribution is -1.94. The van der Waals surface area contributed by atoms with E-state index in [-0.39, 0.29) is 0 Å². The van der Waals surface area contributed by atoms with Crippen LogP contribution in [0.25, 0.3) is 0 Å². The van der Waals surface area contributed by atoms with Crippen LogP contribution >= 0.6 is 0 Å². The lowest BCUT2D eigenvalue weighted by atomic mass is 9.97. The molecule has 0 atom stereocenters. The second-order valence-electron chi connectivity index (χ2n) is 4.62. The standard InChI is InChI=1S/C16H26/c1-4-7-8-9-10-14-11-12-15(5-2)16(6-3)13-14/h11-13H,4-10H2,1-3H3. The molecule has 1 aromatic rings. The molecular weight excluding hydrogens is 192 g/mol. The topological polar surface area (TPSA) is 0 Å². The van der Waals surface area contributed by atoms with Crippen molar-refractivity contribution in [3.63, 3.8) is 0 Å². The van der Waals surface area contributed by atoms with Gasteiger partial charge in [-0.2, -0.15) is 0 Å². The summed E-state index contributed by atoms with van der Waals surface area (Å²) in [6.07, 6.45) is 9.04. The molecule has 0 amide bonds. The zero-order valence-corrected chi connectivity index (χ0v) is 11.2. The number of aryl methyl sites for hydroxylation is 3. The summed E-state index contributed by atoms with van der Waals surface area (Å²) in [5, 5.41) is 0. The van der Waals surface area contributed by atoms with Crippen LogP contribution in [0.5, 0.6) is 0 Å². The SMILES string of the molecule is CCCCCCc1ccc(CC)c(CC)c1. The fourth-order valence-corrected chi connectivity index (χ4v) is 2.26. The quantitative estimate of drug-likeness (QED) is 0.569. The van der Waals surface area contributed by atoms with E-state index in [4.69, 9.17) is 0 Å². The Balaban J connectivity index is 2.54. The molecule has 0 saturated heterocycles. The number of hydrogen-bond acceptors (Lipinski definition) is 0. The molecule has 0 saturated carbocycles. The Morgan fingerprint density at radius 2 is 1.56 bits per heavy atom. The monoisotopic (exact) mass is 218 g/mol. The van der Waals surface area contributed by atoms with Gasteiger partial charge in [0.2, 0.25) is 0 Å². The molecule has 0 aliphatic rings. The highest BCUT2D eigenvalue weighted by atomic mass is 14.1. The largest absolute Gasteiger partial charge is 0.0654 e. The Hall–Kier alpha value is -0.780. The maximum Gasteiger partial charge on any atom is -0.0279 e. The molecule has 0 aromatic heterocycles. The number of benzene rings is 1. The van der Waals surface area contributed by atoms with E-state index in [1.54, 1.807) is 5.56 Å². The van der Waals surface area contributed by atoms with Crippen LogP contribution in [0.3, 0.4) is 0 Å². The van der Waals surface area contributed by atoms with Crippen LogP contribution in [0.2, 0.25) is 0 Å². The highest BCUT2D eigenvalue weighted by Crippen LogP contribution is 2.16. The van der Waals surface area contributed by atoms with Crippen molar-refractivity contribution in [1.82, 2.24) is 0 Å². The van der Waals surface area contributed by atoms with E-state index in [0.717, 1.165) is 0 Å². The van der Waals surface area contributed by atoms with Crippen molar-refractivity contribution in [3.05, 3.63) is 34.9 Å². The van der Waals surface area contributed by atoms with E-state index in [9.17, 15) is 0 Å². The third-order valence-corrected chi connectivity index (χ3v) is 3.35. The molecule has 0 spiro atoms. The minimum Gasteiger partial charge on any atom is -0.0654 e. The van der Waals surface area contributed by atoms with Gasteiger partial charge in [0.25, 0.3) is 0 Å². The van der Waals surface area contributed by atoms with Crippen molar-refractivity contribution >= 4 is 0 Å². The second kappa shape index (κ2) is 7.49. The molecule has 0 unspecified atom stereocenters. The van der Waals surface area contributed by atoms with E-state index < -0.39 is 0 Å². The van der Waals surface area contributed by atoms with Gasteiger partial charge >= 0.3 is 0 Å². The molecule has 0 bridgehead atoms. The molecule has 0 heterocycles. The van der Waals surface area contributed by atoms with Gasteiger partial charge in [0.15, 0.2) is 0 Å². The van der Waals surface area contributed by atoms with Crippen molar-refractivity contribution in [2.75, 3.05) is 0 Å². The van der Waals surface area contributed by atoms with Crippen LogP contribution < -0.4 is 0 Å². The predicted octanol–water partition coefficient (Wildman–Crippen LogP) is 4.93. The minimum absolute atomic E-state index is 1.17. The normalized spacial score (nSPS) is 10.7. The molecule has 0 aliphatic carbocycles. The number of hydrogen-bond donors (Lipinski definition) is 0. The molecule has 0 heteroatoms. The lowest BCUT2D eigenvalue weighted by molar-refractivity contribution is 0.666. The predicted molar refractivity (Wildman–Crippen MR) is 73.0 cm³/mol. The Morgan fingerprint density at radius 1 is 0.812 bits per heavy atom. The maximum atomic E-state index is 2.42. The van der Waals surface area contributed by atoms with Crippen LogP contribution in [0.15, 0.2) is 18.2 Å². The van der Waals surface area contributed by atoms with Crippen LogP contribution in [-0.4, -0.2) is 0 Å². The molecule has 0 fully saturated rings. The molecule has 0 radical (unpaired) electrons. The Morgan fingerprint density at radius 3 is 2.19 bits per heavy atom. The van der Waals surface area contributed by atoms with Crippen molar-refractivity contribution < 1.29 is 0 Å². The second-order valence-corrected chi connectivity index (χ2v) is 4.62. The van der Waals surface area contributed by atoms with Crippen molar-refractivity contribution in [2.45, 2.75) is 65.7 Å². The third-order valence-electron chi connectivity index (χ3n) is 3.35. The first-order valence-corrected chi connectivity index (χ1v) is 6.92. The molecular formula is C16H26. The van der Waals surface area contributed by atoms with Crippen LogP contribution in [0, 0.1) is 0 Å². The van der Waals surface area contributed by atoms with Crippen molar-refractivity contribution in [2.24, 2.45) is 0 Å². The smallest absolute Gasteiger partial charge is 0.0279 e. The summed E-state index contributed by atoms with van der Waals surface area (Å²) in [6.45, 7) is 6.77. The van der Waals surface area contributed by atoms with E-state index in [1.807, 2.05) is 0 Å². The van der Waals surface area contributed by atoms with Crippen LogP contribution in [0.1, 0.15) is 63.1 Å². The molecule has 1 rings (SSSR count). The molecule has 0 nitrogen and oxygen atoms in total. The first-order chi connectivity index (χ1) is 7.81. The molecule has 90 valence electrons.